The second-order valence-corrected chi connectivity index (χ2v) is 2.52. The Bertz CT molecular complexity index is 357. The van der Waals surface area contributed by atoms with Crippen LogP contribution in [-0.2, 0) is 0 Å². The van der Waals surface area contributed by atoms with E-state index >= 15 is 0 Å². The Balaban J connectivity index is 3.20. The second kappa shape index (κ2) is 3.97. The molecule has 0 saturated heterocycles. The summed E-state index contributed by atoms with van der Waals surface area (Å²) >= 11 is 0. The largest absolute Gasteiger partial charge is 0.324 e. The van der Waals surface area contributed by atoms with Crippen LogP contribution in [0.4, 0.5) is 20.2 Å². The average Bonchev–Trinajstić information content (AvgIpc) is 2.16. The highest BCUT2D eigenvalue weighted by Crippen LogP contribution is 2.27. The molecule has 0 amide bonds. The normalized spacial score (nSPS) is 10.3. The first-order valence-corrected chi connectivity index (χ1v) is 3.58. The van der Waals surface area contributed by atoms with Crippen LogP contribution in [0.25, 0.3) is 0 Å². The SMILES string of the molecule is NNc1cc(C(F)F)cc([N+](=O)[O-])c1. The smallest absolute Gasteiger partial charge is 0.272 e. The van der Waals surface area contributed by atoms with Crippen molar-refractivity contribution in [1.29, 1.82) is 0 Å². The Hall–Kier alpha value is -1.76. The number of halogens is 2. The van der Waals surface area contributed by atoms with Gasteiger partial charge in [0.1, 0.15) is 0 Å². The number of anilines is 1. The molecule has 1 rings (SSSR count). The molecule has 0 unspecified atom stereocenters. The van der Waals surface area contributed by atoms with Crippen LogP contribution in [0.3, 0.4) is 0 Å². The number of benzene rings is 1. The number of hydrogen-bond donors (Lipinski definition) is 2. The highest BCUT2D eigenvalue weighted by molar-refractivity contribution is 5.53. The summed E-state index contributed by atoms with van der Waals surface area (Å²) < 4.78 is 24.5. The summed E-state index contributed by atoms with van der Waals surface area (Å²) in [6.45, 7) is 0. The molecule has 0 saturated carbocycles. The van der Waals surface area contributed by atoms with Gasteiger partial charge in [0, 0.05) is 17.7 Å². The van der Waals surface area contributed by atoms with E-state index in [-0.39, 0.29) is 5.69 Å². The van der Waals surface area contributed by atoms with Crippen LogP contribution in [0.1, 0.15) is 12.0 Å². The first-order chi connectivity index (χ1) is 6.54. The van der Waals surface area contributed by atoms with E-state index in [1.54, 1.807) is 0 Å². The van der Waals surface area contributed by atoms with E-state index in [1.807, 2.05) is 0 Å². The van der Waals surface area contributed by atoms with Gasteiger partial charge in [-0.05, 0) is 6.07 Å². The van der Waals surface area contributed by atoms with Crippen molar-refractivity contribution in [3.63, 3.8) is 0 Å². The van der Waals surface area contributed by atoms with Gasteiger partial charge in [0.15, 0.2) is 0 Å². The molecular weight excluding hydrogens is 196 g/mol. The van der Waals surface area contributed by atoms with Gasteiger partial charge < -0.3 is 5.43 Å². The van der Waals surface area contributed by atoms with Crippen LogP contribution in [0, 0.1) is 10.1 Å². The zero-order valence-corrected chi connectivity index (χ0v) is 6.91. The van der Waals surface area contributed by atoms with Crippen molar-refractivity contribution in [2.45, 2.75) is 6.43 Å². The molecule has 0 aliphatic carbocycles. The number of hydrogen-bond acceptors (Lipinski definition) is 4. The zero-order valence-electron chi connectivity index (χ0n) is 6.91. The van der Waals surface area contributed by atoms with Gasteiger partial charge in [-0.15, -0.1) is 0 Å². The van der Waals surface area contributed by atoms with Gasteiger partial charge in [-0.3, -0.25) is 16.0 Å². The summed E-state index contributed by atoms with van der Waals surface area (Å²) in [5.74, 6) is 4.97. The molecule has 0 atom stereocenters. The van der Waals surface area contributed by atoms with Crippen molar-refractivity contribution in [3.8, 4) is 0 Å². The van der Waals surface area contributed by atoms with Gasteiger partial charge in [-0.25, -0.2) is 8.78 Å². The van der Waals surface area contributed by atoms with Crippen molar-refractivity contribution < 1.29 is 13.7 Å². The topological polar surface area (TPSA) is 81.2 Å². The van der Waals surface area contributed by atoms with E-state index in [4.69, 9.17) is 5.84 Å². The van der Waals surface area contributed by atoms with Crippen molar-refractivity contribution in [2.24, 2.45) is 5.84 Å². The van der Waals surface area contributed by atoms with Gasteiger partial charge in [0.25, 0.3) is 12.1 Å². The average molecular weight is 203 g/mol. The monoisotopic (exact) mass is 203 g/mol. The summed E-state index contributed by atoms with van der Waals surface area (Å²) in [7, 11) is 0. The van der Waals surface area contributed by atoms with Crippen LogP contribution in [0.15, 0.2) is 18.2 Å². The summed E-state index contributed by atoms with van der Waals surface area (Å²) in [5.41, 5.74) is 1.30. The molecule has 5 nitrogen and oxygen atoms in total. The molecule has 0 fully saturated rings. The van der Waals surface area contributed by atoms with E-state index in [0.717, 1.165) is 18.2 Å². The van der Waals surface area contributed by atoms with Gasteiger partial charge in [-0.1, -0.05) is 0 Å². The number of nitrogens with one attached hydrogen (secondary N) is 1. The summed E-state index contributed by atoms with van der Waals surface area (Å²) in [6.07, 6.45) is -2.76. The highest BCUT2D eigenvalue weighted by Gasteiger charge is 2.14. The summed E-state index contributed by atoms with van der Waals surface area (Å²) in [5, 5.41) is 10.3. The minimum Gasteiger partial charge on any atom is -0.324 e. The number of rotatable bonds is 3. The van der Waals surface area contributed by atoms with E-state index in [9.17, 15) is 18.9 Å². The lowest BCUT2D eigenvalue weighted by molar-refractivity contribution is -0.384. The van der Waals surface area contributed by atoms with E-state index in [2.05, 4.69) is 5.43 Å². The fraction of sp³-hybridized carbons (Fsp3) is 0.143. The lowest BCUT2D eigenvalue weighted by atomic mass is 10.2. The Morgan fingerprint density at radius 2 is 2.07 bits per heavy atom. The van der Waals surface area contributed by atoms with Gasteiger partial charge in [0.2, 0.25) is 0 Å². The lowest BCUT2D eigenvalue weighted by Gasteiger charge is -2.03. The van der Waals surface area contributed by atoms with Crippen LogP contribution in [-0.4, -0.2) is 4.92 Å². The third kappa shape index (κ3) is 2.13. The minimum atomic E-state index is -2.76. The fourth-order valence-corrected chi connectivity index (χ4v) is 0.949. The number of alkyl halides is 2. The van der Waals surface area contributed by atoms with Gasteiger partial charge in [0.05, 0.1) is 10.6 Å². The Morgan fingerprint density at radius 3 is 2.50 bits per heavy atom. The van der Waals surface area contributed by atoms with E-state index < -0.39 is 22.6 Å². The molecular formula is C7H7F2N3O2. The molecule has 0 aliphatic rings. The molecule has 1 aromatic carbocycles. The molecule has 0 spiro atoms. The van der Waals surface area contributed by atoms with Crippen molar-refractivity contribution in [1.82, 2.24) is 0 Å². The summed E-state index contributed by atoms with van der Waals surface area (Å²) in [6, 6.07) is 2.94. The first kappa shape index (κ1) is 10.3. The van der Waals surface area contributed by atoms with Crippen LogP contribution < -0.4 is 11.3 Å². The van der Waals surface area contributed by atoms with E-state index in [1.165, 1.54) is 0 Å². The molecule has 76 valence electrons. The molecule has 1 aromatic rings. The van der Waals surface area contributed by atoms with Crippen molar-refractivity contribution in [3.05, 3.63) is 33.9 Å². The number of nitrogens with two attached hydrogens (primary N) is 1. The number of nitrogens with zero attached hydrogens (tertiary/aromatic N) is 1. The fourth-order valence-electron chi connectivity index (χ4n) is 0.949. The second-order valence-electron chi connectivity index (χ2n) is 2.52. The molecule has 0 bridgehead atoms. The maximum Gasteiger partial charge on any atom is 0.272 e. The predicted molar refractivity (Wildman–Crippen MR) is 45.9 cm³/mol. The zero-order chi connectivity index (χ0) is 10.7. The third-order valence-electron chi connectivity index (χ3n) is 1.57. The molecule has 0 aliphatic heterocycles. The van der Waals surface area contributed by atoms with Crippen molar-refractivity contribution in [2.75, 3.05) is 5.43 Å². The molecule has 0 radical (unpaired) electrons. The Morgan fingerprint density at radius 1 is 1.43 bits per heavy atom. The molecule has 14 heavy (non-hydrogen) atoms. The quantitative estimate of drug-likeness (QED) is 0.446. The molecule has 7 heteroatoms. The van der Waals surface area contributed by atoms with Crippen LogP contribution in [0.2, 0.25) is 0 Å². The van der Waals surface area contributed by atoms with Crippen LogP contribution >= 0.6 is 0 Å². The van der Waals surface area contributed by atoms with Gasteiger partial charge in [-0.2, -0.15) is 0 Å². The van der Waals surface area contributed by atoms with Crippen molar-refractivity contribution >= 4 is 11.4 Å². The highest BCUT2D eigenvalue weighted by atomic mass is 19.3. The maximum atomic E-state index is 12.2. The molecule has 0 heterocycles. The standard InChI is InChI=1S/C7H7F2N3O2/c8-7(9)4-1-5(11-10)3-6(2-4)12(13)14/h1-3,7,11H,10H2. The first-order valence-electron chi connectivity index (χ1n) is 3.58. The Kier molecular flexibility index (Phi) is 2.92. The number of nitrogen functional groups attached to an aromatic ring is 1. The summed E-state index contributed by atoms with van der Waals surface area (Å²) in [4.78, 5) is 9.58. The maximum absolute atomic E-state index is 12.2. The molecule has 0 aromatic heterocycles. The minimum absolute atomic E-state index is 0.0782. The number of non-ortho nitro benzene ring substituents is 1. The lowest BCUT2D eigenvalue weighted by Crippen LogP contribution is -2.07. The number of nitro benzene ring substituents is 1. The van der Waals surface area contributed by atoms with Crippen LogP contribution in [0.5, 0.6) is 0 Å². The number of hydrazine groups is 1. The number of nitro groups is 1. The third-order valence-corrected chi connectivity index (χ3v) is 1.57. The predicted octanol–water partition coefficient (Wildman–Crippen LogP) is 1.82. The molecule has 3 N–H and O–H groups in total. The van der Waals surface area contributed by atoms with E-state index in [0.29, 0.717) is 0 Å². The van der Waals surface area contributed by atoms with Gasteiger partial charge >= 0.3 is 0 Å². The Labute approximate surface area is 77.6 Å².